The number of likely N-dealkylation sites (tertiary alicyclic amines) is 1. The Hall–Kier alpha value is -2.04. The summed E-state index contributed by atoms with van der Waals surface area (Å²) in [6.07, 6.45) is 0. The average Bonchev–Trinajstić information content (AvgIpc) is 2.50. The van der Waals surface area contributed by atoms with E-state index in [1.54, 1.807) is 25.9 Å². The number of carbonyl (C=O) groups excluding carboxylic acids is 2. The summed E-state index contributed by atoms with van der Waals surface area (Å²) in [4.78, 5) is 25.5. The molecule has 1 fully saturated rings. The van der Waals surface area contributed by atoms with E-state index in [0.29, 0.717) is 6.54 Å². The molecule has 0 unspecified atom stereocenters. The van der Waals surface area contributed by atoms with E-state index in [0.717, 1.165) is 11.3 Å². The van der Waals surface area contributed by atoms with Crippen molar-refractivity contribution < 1.29 is 19.1 Å². The zero-order valence-electron chi connectivity index (χ0n) is 12.2. The van der Waals surface area contributed by atoms with Crippen molar-refractivity contribution in [2.45, 2.75) is 25.9 Å². The molecule has 0 aliphatic carbocycles. The van der Waals surface area contributed by atoms with Gasteiger partial charge in [0.1, 0.15) is 11.3 Å². The first-order valence-electron chi connectivity index (χ1n) is 6.48. The Bertz CT molecular complexity index is 525. The minimum atomic E-state index is -0.883. The number of methoxy groups -OCH3 is 2. The third kappa shape index (κ3) is 2.03. The quantitative estimate of drug-likeness (QED) is 0.619. The number of β-lactam (4-membered cyclic amide) rings is 1. The molecular formula is C15H19NO4. The number of hydrogen-bond donors (Lipinski definition) is 0. The Kier molecular flexibility index (Phi) is 3.70. The molecule has 0 bridgehead atoms. The Labute approximate surface area is 118 Å². The summed E-state index contributed by atoms with van der Waals surface area (Å²) < 4.78 is 9.92. The van der Waals surface area contributed by atoms with Gasteiger partial charge in [-0.1, -0.05) is 19.1 Å². The van der Waals surface area contributed by atoms with Gasteiger partial charge in [-0.15, -0.1) is 0 Å². The summed E-state index contributed by atoms with van der Waals surface area (Å²) in [5.74, 6) is -0.00666. The predicted molar refractivity (Wildman–Crippen MR) is 73.1 cm³/mol. The SMILES string of the molecule is COC(=O)[C@@]1(C)[C@@H](C)C(=O)N1Cc1ccc(OC)cc1. The van der Waals surface area contributed by atoms with E-state index in [-0.39, 0.29) is 17.8 Å². The molecule has 5 heteroatoms. The number of esters is 1. The lowest BCUT2D eigenvalue weighted by Crippen LogP contribution is -2.71. The Morgan fingerprint density at radius 3 is 2.40 bits per heavy atom. The summed E-state index contributed by atoms with van der Waals surface area (Å²) in [6, 6.07) is 7.43. The van der Waals surface area contributed by atoms with Crippen LogP contribution in [0.3, 0.4) is 0 Å². The van der Waals surface area contributed by atoms with E-state index in [1.807, 2.05) is 24.3 Å². The third-order valence-electron chi connectivity index (χ3n) is 4.14. The Morgan fingerprint density at radius 1 is 1.30 bits per heavy atom. The fraction of sp³-hybridized carbons (Fsp3) is 0.467. The first kappa shape index (κ1) is 14.4. The van der Waals surface area contributed by atoms with Crippen molar-refractivity contribution in [2.24, 2.45) is 5.92 Å². The average molecular weight is 277 g/mol. The maximum Gasteiger partial charge on any atom is 0.332 e. The van der Waals surface area contributed by atoms with Gasteiger partial charge >= 0.3 is 5.97 Å². The molecule has 0 N–H and O–H groups in total. The summed E-state index contributed by atoms with van der Waals surface area (Å²) >= 11 is 0. The van der Waals surface area contributed by atoms with Crippen LogP contribution in [-0.4, -0.2) is 36.5 Å². The molecule has 0 aromatic heterocycles. The van der Waals surface area contributed by atoms with E-state index in [2.05, 4.69) is 0 Å². The van der Waals surface area contributed by atoms with Gasteiger partial charge in [0.05, 0.1) is 20.1 Å². The largest absolute Gasteiger partial charge is 0.497 e. The highest BCUT2D eigenvalue weighted by atomic mass is 16.5. The molecule has 1 aliphatic rings. The van der Waals surface area contributed by atoms with Gasteiger partial charge in [-0.2, -0.15) is 0 Å². The summed E-state index contributed by atoms with van der Waals surface area (Å²) in [5, 5.41) is 0. The maximum atomic E-state index is 12.0. The molecule has 1 saturated heterocycles. The topological polar surface area (TPSA) is 55.8 Å². The van der Waals surface area contributed by atoms with Crippen molar-refractivity contribution in [1.82, 2.24) is 4.90 Å². The van der Waals surface area contributed by atoms with Gasteiger partial charge in [0.25, 0.3) is 0 Å². The fourth-order valence-corrected chi connectivity index (χ4v) is 2.52. The lowest BCUT2D eigenvalue weighted by atomic mass is 9.75. The van der Waals surface area contributed by atoms with Crippen LogP contribution >= 0.6 is 0 Å². The van der Waals surface area contributed by atoms with Crippen LogP contribution in [0.25, 0.3) is 0 Å². The van der Waals surface area contributed by atoms with Gasteiger partial charge in [0.15, 0.2) is 0 Å². The van der Waals surface area contributed by atoms with E-state index in [4.69, 9.17) is 9.47 Å². The number of rotatable bonds is 4. The minimum absolute atomic E-state index is 0.0336. The number of nitrogens with zero attached hydrogens (tertiary/aromatic N) is 1. The van der Waals surface area contributed by atoms with Crippen LogP contribution in [0, 0.1) is 5.92 Å². The number of amides is 1. The molecule has 1 amide bonds. The van der Waals surface area contributed by atoms with Gasteiger partial charge in [-0.3, -0.25) is 4.79 Å². The molecule has 2 atom stereocenters. The fourth-order valence-electron chi connectivity index (χ4n) is 2.52. The zero-order chi connectivity index (χ0) is 14.9. The normalized spacial score (nSPS) is 25.1. The van der Waals surface area contributed by atoms with Crippen molar-refractivity contribution in [3.63, 3.8) is 0 Å². The standard InChI is InChI=1S/C15H19NO4/c1-10-13(17)16(15(10,2)14(18)20-4)9-11-5-7-12(19-3)8-6-11/h5-8,10H,9H2,1-4H3/t10-,15+/m0/s1. The maximum absolute atomic E-state index is 12.0. The van der Waals surface area contributed by atoms with E-state index in [9.17, 15) is 9.59 Å². The van der Waals surface area contributed by atoms with Gasteiger partial charge in [-0.05, 0) is 24.6 Å². The first-order chi connectivity index (χ1) is 9.44. The first-order valence-corrected chi connectivity index (χ1v) is 6.48. The molecular weight excluding hydrogens is 258 g/mol. The number of benzene rings is 1. The molecule has 0 saturated carbocycles. The highest BCUT2D eigenvalue weighted by Gasteiger charge is 2.60. The van der Waals surface area contributed by atoms with Crippen molar-refractivity contribution in [1.29, 1.82) is 0 Å². The summed E-state index contributed by atoms with van der Waals surface area (Å²) in [5.41, 5.74) is 0.0624. The van der Waals surface area contributed by atoms with E-state index >= 15 is 0 Å². The van der Waals surface area contributed by atoms with Crippen LogP contribution in [0.4, 0.5) is 0 Å². The van der Waals surface area contributed by atoms with Crippen molar-refractivity contribution in [3.05, 3.63) is 29.8 Å². The van der Waals surface area contributed by atoms with Gasteiger partial charge in [-0.25, -0.2) is 4.79 Å². The van der Waals surface area contributed by atoms with Crippen molar-refractivity contribution >= 4 is 11.9 Å². The second-order valence-electron chi connectivity index (χ2n) is 5.13. The molecule has 108 valence electrons. The molecule has 1 aliphatic heterocycles. The zero-order valence-corrected chi connectivity index (χ0v) is 12.2. The van der Waals surface area contributed by atoms with E-state index in [1.165, 1.54) is 7.11 Å². The number of ether oxygens (including phenoxy) is 2. The van der Waals surface area contributed by atoms with E-state index < -0.39 is 5.54 Å². The second-order valence-corrected chi connectivity index (χ2v) is 5.13. The molecule has 2 rings (SSSR count). The number of carbonyl (C=O) groups is 2. The molecule has 1 aromatic carbocycles. The molecule has 0 radical (unpaired) electrons. The summed E-state index contributed by atoms with van der Waals surface area (Å²) in [6.45, 7) is 3.89. The smallest absolute Gasteiger partial charge is 0.332 e. The lowest BCUT2D eigenvalue weighted by Gasteiger charge is -2.52. The third-order valence-corrected chi connectivity index (χ3v) is 4.14. The molecule has 5 nitrogen and oxygen atoms in total. The van der Waals surface area contributed by atoms with Gasteiger partial charge in [0.2, 0.25) is 5.91 Å². The van der Waals surface area contributed by atoms with Crippen LogP contribution in [0.1, 0.15) is 19.4 Å². The van der Waals surface area contributed by atoms with Crippen molar-refractivity contribution in [3.8, 4) is 5.75 Å². The van der Waals surface area contributed by atoms with Crippen LogP contribution in [0.15, 0.2) is 24.3 Å². The lowest BCUT2D eigenvalue weighted by molar-refractivity contribution is -0.187. The minimum Gasteiger partial charge on any atom is -0.497 e. The van der Waals surface area contributed by atoms with Crippen LogP contribution in [-0.2, 0) is 20.9 Å². The Balaban J connectivity index is 2.18. The molecule has 1 heterocycles. The van der Waals surface area contributed by atoms with Crippen molar-refractivity contribution in [2.75, 3.05) is 14.2 Å². The highest BCUT2D eigenvalue weighted by Crippen LogP contribution is 2.39. The molecule has 20 heavy (non-hydrogen) atoms. The molecule has 1 aromatic rings. The van der Waals surface area contributed by atoms with Gasteiger partial charge < -0.3 is 14.4 Å². The highest BCUT2D eigenvalue weighted by molar-refractivity contribution is 6.00. The predicted octanol–water partition coefficient (Wildman–Crippen LogP) is 1.61. The summed E-state index contributed by atoms with van der Waals surface area (Å²) in [7, 11) is 2.94. The van der Waals surface area contributed by atoms with Gasteiger partial charge in [0, 0.05) is 6.54 Å². The van der Waals surface area contributed by atoms with Crippen LogP contribution < -0.4 is 4.74 Å². The molecule has 0 spiro atoms. The monoisotopic (exact) mass is 277 g/mol. The van der Waals surface area contributed by atoms with Crippen LogP contribution in [0.5, 0.6) is 5.75 Å². The number of hydrogen-bond acceptors (Lipinski definition) is 4. The van der Waals surface area contributed by atoms with Crippen LogP contribution in [0.2, 0.25) is 0 Å². The second kappa shape index (κ2) is 5.15. The Morgan fingerprint density at radius 2 is 1.90 bits per heavy atom.